The molecule has 0 bridgehead atoms. The van der Waals surface area contributed by atoms with E-state index in [1.54, 1.807) is 0 Å². The van der Waals surface area contributed by atoms with Gasteiger partial charge in [-0.25, -0.2) is 0 Å². The second-order valence-corrected chi connectivity index (χ2v) is 15.9. The summed E-state index contributed by atoms with van der Waals surface area (Å²) in [6, 6.07) is 0. The van der Waals surface area contributed by atoms with Crippen LogP contribution in [-0.4, -0.2) is 8.07 Å². The maximum Gasteiger partial charge on any atom is 0.0592 e. The molecule has 0 saturated heterocycles. The van der Waals surface area contributed by atoms with Crippen molar-refractivity contribution in [3.63, 3.8) is 0 Å². The van der Waals surface area contributed by atoms with Crippen LogP contribution in [0.15, 0.2) is 0 Å². The van der Waals surface area contributed by atoms with Crippen LogP contribution in [0.4, 0.5) is 0 Å². The van der Waals surface area contributed by atoms with Gasteiger partial charge in [0.05, 0.1) is 8.07 Å². The Bertz CT molecular complexity index is 305. The first-order chi connectivity index (χ1) is 9.57. The Morgan fingerprint density at radius 1 is 0.714 bits per heavy atom. The van der Waals surface area contributed by atoms with Gasteiger partial charge in [-0.1, -0.05) is 79.3 Å². The molecule has 0 aromatic carbocycles. The molecule has 2 fully saturated rings. The van der Waals surface area contributed by atoms with E-state index >= 15 is 0 Å². The lowest BCUT2D eigenvalue weighted by Crippen LogP contribution is -2.48. The van der Waals surface area contributed by atoms with Crippen LogP contribution in [0, 0.1) is 10.8 Å². The zero-order valence-electron chi connectivity index (χ0n) is 15.9. The lowest BCUT2D eigenvalue weighted by Gasteiger charge is -2.52. The molecule has 2 rings (SSSR count). The van der Waals surface area contributed by atoms with Gasteiger partial charge in [0.15, 0.2) is 0 Å². The van der Waals surface area contributed by atoms with E-state index in [1.165, 1.54) is 51.4 Å². The highest BCUT2D eigenvalue weighted by Crippen LogP contribution is 2.56. The third-order valence-electron chi connectivity index (χ3n) is 7.68. The number of rotatable bonds is 3. The first-order valence-corrected chi connectivity index (χ1v) is 12.3. The van der Waals surface area contributed by atoms with Gasteiger partial charge in [0.1, 0.15) is 0 Å². The average Bonchev–Trinajstić information content (AvgIpc) is 2.37. The van der Waals surface area contributed by atoms with Gasteiger partial charge in [-0.15, -0.1) is 0 Å². The largest absolute Gasteiger partial charge is 0.0686 e. The predicted molar refractivity (Wildman–Crippen MR) is 98.7 cm³/mol. The molecule has 0 nitrogen and oxygen atoms in total. The SMILES string of the molecule is CC(C)[Si](C)(C1CCC(C)(C)CC1)C1CCC(C)(C)CC1. The van der Waals surface area contributed by atoms with Gasteiger partial charge in [-0.05, 0) is 47.6 Å². The minimum atomic E-state index is -1.15. The van der Waals surface area contributed by atoms with Crippen molar-refractivity contribution in [1.29, 1.82) is 0 Å². The summed E-state index contributed by atoms with van der Waals surface area (Å²) in [5.74, 6) is 0. The highest BCUT2D eigenvalue weighted by molar-refractivity contribution is 6.82. The van der Waals surface area contributed by atoms with Crippen molar-refractivity contribution in [3.8, 4) is 0 Å². The Balaban J connectivity index is 2.10. The Kier molecular flexibility index (Phi) is 5.04. The smallest absolute Gasteiger partial charge is 0.0592 e. The average molecular weight is 309 g/mol. The maximum absolute atomic E-state index is 2.80. The molecule has 21 heavy (non-hydrogen) atoms. The van der Waals surface area contributed by atoms with Gasteiger partial charge in [0.2, 0.25) is 0 Å². The molecule has 0 amide bonds. The molecule has 1 heteroatoms. The number of hydrogen-bond acceptors (Lipinski definition) is 0. The lowest BCUT2D eigenvalue weighted by molar-refractivity contribution is 0.226. The van der Waals surface area contributed by atoms with Crippen LogP contribution in [0.5, 0.6) is 0 Å². The van der Waals surface area contributed by atoms with Crippen molar-refractivity contribution in [2.75, 3.05) is 0 Å². The van der Waals surface area contributed by atoms with Crippen LogP contribution in [0.3, 0.4) is 0 Å². The summed E-state index contributed by atoms with van der Waals surface area (Å²) < 4.78 is 0. The maximum atomic E-state index is 2.80. The third kappa shape index (κ3) is 3.76. The molecular formula is C20H40Si. The summed E-state index contributed by atoms with van der Waals surface area (Å²) in [7, 11) is -1.15. The van der Waals surface area contributed by atoms with Crippen molar-refractivity contribution in [3.05, 3.63) is 0 Å². The summed E-state index contributed by atoms with van der Waals surface area (Å²) in [5, 5.41) is 0. The van der Waals surface area contributed by atoms with E-state index in [1.807, 2.05) is 0 Å². The summed E-state index contributed by atoms with van der Waals surface area (Å²) in [6.07, 6.45) is 12.1. The molecule has 124 valence electrons. The first kappa shape index (κ1) is 17.6. The molecule has 2 aliphatic carbocycles. The minimum absolute atomic E-state index is 0.622. The first-order valence-electron chi connectivity index (χ1n) is 9.57. The molecule has 0 aromatic rings. The van der Waals surface area contributed by atoms with Crippen LogP contribution in [0.25, 0.3) is 0 Å². The zero-order chi connectivity index (χ0) is 15.9. The summed E-state index contributed by atoms with van der Waals surface area (Å²) in [5.41, 5.74) is 4.43. The Labute approximate surface area is 135 Å². The molecule has 0 radical (unpaired) electrons. The van der Waals surface area contributed by atoms with Crippen molar-refractivity contribution in [1.82, 2.24) is 0 Å². The standard InChI is InChI=1S/C20H40Si/c1-16(2)21(7,17-8-12-19(3,4)13-9-17)18-10-14-20(5,6)15-11-18/h16-18H,8-15H2,1-7H3. The quantitative estimate of drug-likeness (QED) is 0.476. The molecule has 2 aliphatic rings. The fourth-order valence-electron chi connectivity index (χ4n) is 5.32. The van der Waals surface area contributed by atoms with Crippen molar-refractivity contribution in [2.45, 2.75) is 116 Å². The van der Waals surface area contributed by atoms with Crippen molar-refractivity contribution in [2.24, 2.45) is 10.8 Å². The highest BCUT2D eigenvalue weighted by atomic mass is 28.3. The van der Waals surface area contributed by atoms with Crippen LogP contribution in [-0.2, 0) is 0 Å². The van der Waals surface area contributed by atoms with Crippen molar-refractivity contribution < 1.29 is 0 Å². The van der Waals surface area contributed by atoms with Crippen LogP contribution < -0.4 is 0 Å². The van der Waals surface area contributed by atoms with Gasteiger partial charge in [0, 0.05) is 0 Å². The van der Waals surface area contributed by atoms with Gasteiger partial charge < -0.3 is 0 Å². The van der Waals surface area contributed by atoms with E-state index in [-0.39, 0.29) is 0 Å². The Morgan fingerprint density at radius 2 is 1.00 bits per heavy atom. The Hall–Kier alpha value is 0.217. The number of hydrogen-bond donors (Lipinski definition) is 0. The second kappa shape index (κ2) is 6.02. The third-order valence-corrected chi connectivity index (χ3v) is 14.8. The van der Waals surface area contributed by atoms with Crippen LogP contribution in [0.2, 0.25) is 23.2 Å². The topological polar surface area (TPSA) is 0 Å². The van der Waals surface area contributed by atoms with E-state index in [9.17, 15) is 0 Å². The van der Waals surface area contributed by atoms with E-state index in [0.29, 0.717) is 10.8 Å². The molecule has 0 aliphatic heterocycles. The monoisotopic (exact) mass is 308 g/mol. The second-order valence-electron chi connectivity index (χ2n) is 10.4. The van der Waals surface area contributed by atoms with Gasteiger partial charge in [-0.2, -0.15) is 0 Å². The predicted octanol–water partition coefficient (Wildman–Crippen LogP) is 7.42. The van der Waals surface area contributed by atoms with Gasteiger partial charge in [0.25, 0.3) is 0 Å². The fraction of sp³-hybridized carbons (Fsp3) is 1.00. The van der Waals surface area contributed by atoms with E-state index < -0.39 is 8.07 Å². The molecule has 0 unspecified atom stereocenters. The van der Waals surface area contributed by atoms with E-state index in [0.717, 1.165) is 16.6 Å². The van der Waals surface area contributed by atoms with E-state index in [4.69, 9.17) is 0 Å². The normalized spacial score (nSPS) is 28.0. The van der Waals surface area contributed by atoms with Crippen LogP contribution >= 0.6 is 0 Å². The lowest BCUT2D eigenvalue weighted by atomic mass is 9.77. The Morgan fingerprint density at radius 3 is 1.24 bits per heavy atom. The molecule has 0 heterocycles. The molecule has 0 spiro atoms. The van der Waals surface area contributed by atoms with Crippen LogP contribution in [0.1, 0.15) is 92.9 Å². The molecule has 0 N–H and O–H groups in total. The fourth-order valence-corrected chi connectivity index (χ4v) is 10.9. The highest BCUT2D eigenvalue weighted by Gasteiger charge is 2.48. The molecule has 0 aromatic heterocycles. The molecular weight excluding hydrogens is 268 g/mol. The van der Waals surface area contributed by atoms with Gasteiger partial charge in [-0.3, -0.25) is 0 Å². The molecule has 2 saturated carbocycles. The zero-order valence-corrected chi connectivity index (χ0v) is 16.9. The van der Waals surface area contributed by atoms with E-state index in [2.05, 4.69) is 48.1 Å². The summed E-state index contributed by atoms with van der Waals surface area (Å²) in [4.78, 5) is 0. The van der Waals surface area contributed by atoms with Gasteiger partial charge >= 0.3 is 0 Å². The summed E-state index contributed by atoms with van der Waals surface area (Å²) in [6.45, 7) is 17.9. The summed E-state index contributed by atoms with van der Waals surface area (Å²) >= 11 is 0. The minimum Gasteiger partial charge on any atom is -0.0686 e. The molecule has 0 atom stereocenters. The van der Waals surface area contributed by atoms with Crippen molar-refractivity contribution >= 4 is 8.07 Å².